The van der Waals surface area contributed by atoms with E-state index >= 15 is 0 Å². The van der Waals surface area contributed by atoms with Crippen molar-refractivity contribution in [3.8, 4) is 0 Å². The highest BCUT2D eigenvalue weighted by Gasteiger charge is 2.42. The van der Waals surface area contributed by atoms with Crippen LogP contribution in [0.4, 0.5) is 0 Å². The lowest BCUT2D eigenvalue weighted by Crippen LogP contribution is -2.37. The Bertz CT molecular complexity index is 806. The fourth-order valence-corrected chi connectivity index (χ4v) is 6.27. The molecule has 3 atom stereocenters. The summed E-state index contributed by atoms with van der Waals surface area (Å²) in [6.45, 7) is 4.78. The Kier molecular flexibility index (Phi) is 6.39. The van der Waals surface area contributed by atoms with E-state index in [4.69, 9.17) is 5.73 Å². The maximum atomic E-state index is 12.8. The zero-order valence-corrected chi connectivity index (χ0v) is 17.9. The topological polar surface area (TPSA) is 83.7 Å². The molecule has 1 aromatic rings. The van der Waals surface area contributed by atoms with Crippen molar-refractivity contribution < 1.29 is 13.2 Å². The summed E-state index contributed by atoms with van der Waals surface area (Å²) in [5, 5.41) is 0. The van der Waals surface area contributed by atoms with Gasteiger partial charge in [-0.15, -0.1) is 12.4 Å². The number of hydrogen-bond donors (Lipinski definition) is 1. The third-order valence-electron chi connectivity index (χ3n) is 6.68. The standard InChI is InChI=1S/C20H29N3O3S.ClH/c1-14-8-10-23(11-9-14)27(25,26)17-5-2-15(3-6-17)20(24)22-12-16-4-7-19(21)18(16)13-22;/h2-3,5-6,14,16,18-19H,4,7-13,21H2,1H3;1H. The number of hydrogen-bond acceptors (Lipinski definition) is 4. The summed E-state index contributed by atoms with van der Waals surface area (Å²) in [6, 6.07) is 6.64. The highest BCUT2D eigenvalue weighted by Crippen LogP contribution is 2.37. The Hall–Kier alpha value is -1.15. The Balaban J connectivity index is 0.00000225. The van der Waals surface area contributed by atoms with Gasteiger partial charge >= 0.3 is 0 Å². The van der Waals surface area contributed by atoms with E-state index in [1.807, 2.05) is 4.90 Å². The van der Waals surface area contributed by atoms with E-state index in [2.05, 4.69) is 6.92 Å². The SMILES string of the molecule is CC1CCN(S(=O)(=O)c2ccc(C(=O)N3CC4CCC(N)C4C3)cc2)CC1.Cl. The number of piperidine rings is 1. The summed E-state index contributed by atoms with van der Waals surface area (Å²) in [5.41, 5.74) is 6.71. The molecule has 0 bridgehead atoms. The number of nitrogens with zero attached hydrogens (tertiary/aromatic N) is 2. The van der Waals surface area contributed by atoms with E-state index < -0.39 is 10.0 Å². The molecule has 0 aromatic heterocycles. The molecule has 8 heteroatoms. The summed E-state index contributed by atoms with van der Waals surface area (Å²) in [4.78, 5) is 15.0. The Labute approximate surface area is 173 Å². The Morgan fingerprint density at radius 2 is 1.68 bits per heavy atom. The van der Waals surface area contributed by atoms with Crippen LogP contribution in [-0.2, 0) is 10.0 Å². The largest absolute Gasteiger partial charge is 0.338 e. The number of carbonyl (C=O) groups is 1. The minimum Gasteiger partial charge on any atom is -0.338 e. The molecular weight excluding hydrogens is 398 g/mol. The molecular formula is C20H30ClN3O3S. The summed E-state index contributed by atoms with van der Waals surface area (Å²) in [6.07, 6.45) is 3.95. The minimum absolute atomic E-state index is 0. The minimum atomic E-state index is -3.47. The number of fused-ring (bicyclic) bond motifs is 1. The van der Waals surface area contributed by atoms with Gasteiger partial charge in [-0.2, -0.15) is 4.31 Å². The van der Waals surface area contributed by atoms with Crippen LogP contribution in [0.1, 0.15) is 43.0 Å². The number of benzene rings is 1. The van der Waals surface area contributed by atoms with Gasteiger partial charge in [0.25, 0.3) is 5.91 Å². The lowest BCUT2D eigenvalue weighted by atomic mass is 9.98. The van der Waals surface area contributed by atoms with Crippen LogP contribution in [0.5, 0.6) is 0 Å². The maximum absolute atomic E-state index is 12.8. The van der Waals surface area contributed by atoms with Gasteiger partial charge in [-0.3, -0.25) is 4.79 Å². The van der Waals surface area contributed by atoms with Crippen LogP contribution in [-0.4, -0.2) is 55.8 Å². The van der Waals surface area contributed by atoms with Crippen molar-refractivity contribution in [1.29, 1.82) is 0 Å². The zero-order valence-electron chi connectivity index (χ0n) is 16.3. The predicted octanol–water partition coefficient (Wildman–Crippen LogP) is 2.34. The third-order valence-corrected chi connectivity index (χ3v) is 8.59. The number of nitrogens with two attached hydrogens (primary N) is 1. The molecule has 1 saturated carbocycles. The van der Waals surface area contributed by atoms with Crippen molar-refractivity contribution >= 4 is 28.3 Å². The number of likely N-dealkylation sites (tertiary alicyclic amines) is 1. The summed E-state index contributed by atoms with van der Waals surface area (Å²) < 4.78 is 27.2. The number of rotatable bonds is 3. The second-order valence-electron chi connectivity index (χ2n) is 8.49. The molecule has 28 heavy (non-hydrogen) atoms. The molecule has 3 fully saturated rings. The number of amides is 1. The molecule has 1 aromatic carbocycles. The van der Waals surface area contributed by atoms with Gasteiger partial charge in [0, 0.05) is 37.8 Å². The number of halogens is 1. The fourth-order valence-electron chi connectivity index (χ4n) is 4.80. The molecule has 2 aliphatic heterocycles. The van der Waals surface area contributed by atoms with Gasteiger partial charge in [0.1, 0.15) is 0 Å². The summed E-state index contributed by atoms with van der Waals surface area (Å²) in [5.74, 6) is 1.48. The van der Waals surface area contributed by atoms with Crippen LogP contribution in [0.25, 0.3) is 0 Å². The van der Waals surface area contributed by atoms with Crippen molar-refractivity contribution in [3.63, 3.8) is 0 Å². The van der Waals surface area contributed by atoms with E-state index in [1.165, 1.54) is 0 Å². The van der Waals surface area contributed by atoms with Gasteiger partial charge in [0.15, 0.2) is 0 Å². The molecule has 2 heterocycles. The summed E-state index contributed by atoms with van der Waals surface area (Å²) in [7, 11) is -3.47. The van der Waals surface area contributed by atoms with Gasteiger partial charge in [-0.1, -0.05) is 6.92 Å². The normalized spacial score (nSPS) is 28.8. The lowest BCUT2D eigenvalue weighted by Gasteiger charge is -2.29. The lowest BCUT2D eigenvalue weighted by molar-refractivity contribution is 0.0779. The van der Waals surface area contributed by atoms with Crippen LogP contribution in [0.2, 0.25) is 0 Å². The highest BCUT2D eigenvalue weighted by atomic mass is 35.5. The average molecular weight is 428 g/mol. The van der Waals surface area contributed by atoms with Crippen LogP contribution in [0.3, 0.4) is 0 Å². The molecule has 1 amide bonds. The molecule has 6 nitrogen and oxygen atoms in total. The van der Waals surface area contributed by atoms with Gasteiger partial charge < -0.3 is 10.6 Å². The Morgan fingerprint density at radius 3 is 2.29 bits per heavy atom. The third kappa shape index (κ3) is 3.95. The van der Waals surface area contributed by atoms with Crippen LogP contribution in [0, 0.1) is 17.8 Å². The molecule has 3 unspecified atom stereocenters. The first-order valence-corrected chi connectivity index (χ1v) is 11.5. The van der Waals surface area contributed by atoms with Gasteiger partial charge in [-0.25, -0.2) is 8.42 Å². The first kappa shape index (κ1) is 21.6. The highest BCUT2D eigenvalue weighted by molar-refractivity contribution is 7.89. The number of carbonyl (C=O) groups excluding carboxylic acids is 1. The number of sulfonamides is 1. The molecule has 156 valence electrons. The quantitative estimate of drug-likeness (QED) is 0.802. The molecule has 4 rings (SSSR count). The molecule has 3 aliphatic rings. The molecule has 1 aliphatic carbocycles. The summed E-state index contributed by atoms with van der Waals surface area (Å²) >= 11 is 0. The van der Waals surface area contributed by atoms with Gasteiger partial charge in [0.05, 0.1) is 4.90 Å². The van der Waals surface area contributed by atoms with Crippen LogP contribution >= 0.6 is 12.4 Å². The predicted molar refractivity (Wildman–Crippen MR) is 111 cm³/mol. The average Bonchev–Trinajstić information content (AvgIpc) is 3.24. The van der Waals surface area contributed by atoms with E-state index in [9.17, 15) is 13.2 Å². The van der Waals surface area contributed by atoms with Crippen molar-refractivity contribution in [2.24, 2.45) is 23.5 Å². The molecule has 2 saturated heterocycles. The van der Waals surface area contributed by atoms with E-state index in [1.54, 1.807) is 28.6 Å². The molecule has 2 N–H and O–H groups in total. The monoisotopic (exact) mass is 427 g/mol. The van der Waals surface area contributed by atoms with Crippen LogP contribution < -0.4 is 5.73 Å². The van der Waals surface area contributed by atoms with Crippen molar-refractivity contribution in [1.82, 2.24) is 9.21 Å². The van der Waals surface area contributed by atoms with E-state index in [0.29, 0.717) is 36.4 Å². The smallest absolute Gasteiger partial charge is 0.253 e. The zero-order chi connectivity index (χ0) is 19.2. The van der Waals surface area contributed by atoms with Crippen molar-refractivity contribution in [2.75, 3.05) is 26.2 Å². The van der Waals surface area contributed by atoms with Gasteiger partial charge in [0.2, 0.25) is 10.0 Å². The second kappa shape index (κ2) is 8.30. The molecule has 0 radical (unpaired) electrons. The first-order chi connectivity index (χ1) is 12.9. The van der Waals surface area contributed by atoms with E-state index in [-0.39, 0.29) is 29.3 Å². The first-order valence-electron chi connectivity index (χ1n) is 10.0. The fraction of sp³-hybridized carbons (Fsp3) is 0.650. The Morgan fingerprint density at radius 1 is 1.04 bits per heavy atom. The van der Waals surface area contributed by atoms with Crippen LogP contribution in [0.15, 0.2) is 29.2 Å². The van der Waals surface area contributed by atoms with Gasteiger partial charge in [-0.05, 0) is 67.7 Å². The van der Waals surface area contributed by atoms with Crippen molar-refractivity contribution in [3.05, 3.63) is 29.8 Å². The second-order valence-corrected chi connectivity index (χ2v) is 10.4. The van der Waals surface area contributed by atoms with E-state index in [0.717, 1.165) is 38.8 Å². The van der Waals surface area contributed by atoms with Crippen molar-refractivity contribution in [2.45, 2.75) is 43.5 Å². The maximum Gasteiger partial charge on any atom is 0.253 e. The molecule has 0 spiro atoms.